The zero-order valence-electron chi connectivity index (χ0n) is 17.9. The molecular formula is C23H33N5O2. The number of H-pyrrole nitrogens is 1. The van der Waals surface area contributed by atoms with Crippen LogP contribution in [0.2, 0.25) is 0 Å². The fraction of sp³-hybridized carbons (Fsp3) is 0.652. The fourth-order valence-corrected chi connectivity index (χ4v) is 5.80. The van der Waals surface area contributed by atoms with E-state index in [0.717, 1.165) is 55.0 Å². The first-order valence-electron chi connectivity index (χ1n) is 11.5. The highest BCUT2D eigenvalue weighted by atomic mass is 16.5. The van der Waals surface area contributed by atoms with Gasteiger partial charge in [-0.05, 0) is 57.2 Å². The van der Waals surface area contributed by atoms with Crippen LogP contribution in [-0.2, 0) is 11.3 Å². The Kier molecular flexibility index (Phi) is 5.41. The molecule has 2 atom stereocenters. The van der Waals surface area contributed by atoms with E-state index in [9.17, 15) is 4.79 Å². The van der Waals surface area contributed by atoms with Crippen molar-refractivity contribution in [3.8, 4) is 5.75 Å². The van der Waals surface area contributed by atoms with E-state index < -0.39 is 0 Å². The van der Waals surface area contributed by atoms with Crippen molar-refractivity contribution in [2.45, 2.75) is 75.5 Å². The van der Waals surface area contributed by atoms with Gasteiger partial charge in [0.25, 0.3) is 0 Å². The largest absolute Gasteiger partial charge is 0.497 e. The van der Waals surface area contributed by atoms with Crippen LogP contribution in [0, 0.1) is 0 Å². The standard InChI is InChI=1S/C23H33N5O2/c1-30-18-8-9-19-20(12-18)27-21(26-19)14-24-22(29)23-10-4-5-11-28(23)15-17(13-23)25-16-6-2-3-7-16/h8-9,12,16-17,25H,2-7,10-11,13-15H2,1H3,(H,24,29)(H,26,27)/t17-,23+/m0/s1. The smallest absolute Gasteiger partial charge is 0.240 e. The lowest BCUT2D eigenvalue weighted by molar-refractivity contribution is -0.134. The predicted octanol–water partition coefficient (Wildman–Crippen LogP) is 2.72. The van der Waals surface area contributed by atoms with Crippen molar-refractivity contribution in [2.24, 2.45) is 0 Å². The van der Waals surface area contributed by atoms with E-state index in [1.165, 1.54) is 32.1 Å². The Balaban J connectivity index is 1.26. The van der Waals surface area contributed by atoms with E-state index in [0.29, 0.717) is 18.6 Å². The normalized spacial score (nSPS) is 27.4. The molecule has 7 nitrogen and oxygen atoms in total. The summed E-state index contributed by atoms with van der Waals surface area (Å²) in [6.07, 6.45) is 9.44. The minimum atomic E-state index is -0.357. The second-order valence-corrected chi connectivity index (χ2v) is 9.23. The Bertz CT molecular complexity index is 906. The lowest BCUT2D eigenvalue weighted by Gasteiger charge is -2.40. The fourth-order valence-electron chi connectivity index (χ4n) is 5.80. The summed E-state index contributed by atoms with van der Waals surface area (Å²) in [4.78, 5) is 23.8. The number of rotatable bonds is 6. The van der Waals surface area contributed by atoms with Crippen LogP contribution in [-0.4, -0.2) is 58.6 Å². The number of hydrogen-bond donors (Lipinski definition) is 3. The molecule has 30 heavy (non-hydrogen) atoms. The van der Waals surface area contributed by atoms with Crippen molar-refractivity contribution in [2.75, 3.05) is 20.2 Å². The van der Waals surface area contributed by atoms with E-state index in [-0.39, 0.29) is 11.4 Å². The van der Waals surface area contributed by atoms with E-state index in [2.05, 4.69) is 25.5 Å². The third-order valence-corrected chi connectivity index (χ3v) is 7.30. The van der Waals surface area contributed by atoms with Gasteiger partial charge in [-0.25, -0.2) is 4.98 Å². The number of carbonyl (C=O) groups is 1. The molecule has 0 bridgehead atoms. The summed E-state index contributed by atoms with van der Waals surface area (Å²) in [5, 5.41) is 7.07. The maximum absolute atomic E-state index is 13.4. The molecule has 2 saturated heterocycles. The van der Waals surface area contributed by atoms with Crippen LogP contribution in [0.3, 0.4) is 0 Å². The van der Waals surface area contributed by atoms with Gasteiger partial charge in [0.15, 0.2) is 0 Å². The maximum Gasteiger partial charge on any atom is 0.240 e. The first-order chi connectivity index (χ1) is 14.7. The lowest BCUT2D eigenvalue weighted by Crippen LogP contribution is -2.57. The molecule has 3 fully saturated rings. The molecule has 5 rings (SSSR count). The number of benzene rings is 1. The molecule has 1 aromatic heterocycles. The van der Waals surface area contributed by atoms with Crippen LogP contribution in [0.25, 0.3) is 11.0 Å². The molecule has 2 aliphatic heterocycles. The van der Waals surface area contributed by atoms with Gasteiger partial charge in [0, 0.05) is 24.7 Å². The molecule has 1 amide bonds. The Labute approximate surface area is 177 Å². The number of aromatic nitrogens is 2. The van der Waals surface area contributed by atoms with Crippen LogP contribution < -0.4 is 15.4 Å². The van der Waals surface area contributed by atoms with Crippen LogP contribution in [0.4, 0.5) is 0 Å². The second-order valence-electron chi connectivity index (χ2n) is 9.23. The van der Waals surface area contributed by atoms with Gasteiger partial charge in [-0.15, -0.1) is 0 Å². The Hall–Kier alpha value is -2.12. The maximum atomic E-state index is 13.4. The van der Waals surface area contributed by atoms with Crippen LogP contribution >= 0.6 is 0 Å². The second kappa shape index (κ2) is 8.19. The van der Waals surface area contributed by atoms with Crippen LogP contribution in [0.1, 0.15) is 57.2 Å². The van der Waals surface area contributed by atoms with Crippen LogP contribution in [0.15, 0.2) is 18.2 Å². The van der Waals surface area contributed by atoms with Crippen molar-refractivity contribution in [1.29, 1.82) is 0 Å². The summed E-state index contributed by atoms with van der Waals surface area (Å²) >= 11 is 0. The predicted molar refractivity (Wildman–Crippen MR) is 116 cm³/mol. The first-order valence-corrected chi connectivity index (χ1v) is 11.5. The summed E-state index contributed by atoms with van der Waals surface area (Å²) in [6, 6.07) is 6.85. The molecule has 1 saturated carbocycles. The van der Waals surface area contributed by atoms with Gasteiger partial charge >= 0.3 is 0 Å². The van der Waals surface area contributed by atoms with Gasteiger partial charge in [-0.3, -0.25) is 9.69 Å². The van der Waals surface area contributed by atoms with Crippen molar-refractivity contribution >= 4 is 16.9 Å². The van der Waals surface area contributed by atoms with Gasteiger partial charge in [0.2, 0.25) is 5.91 Å². The molecule has 3 N–H and O–H groups in total. The molecule has 1 aliphatic carbocycles. The van der Waals surface area contributed by atoms with Crippen molar-refractivity contribution < 1.29 is 9.53 Å². The average molecular weight is 412 g/mol. The number of piperidine rings is 1. The van der Waals surface area contributed by atoms with Gasteiger partial charge in [-0.2, -0.15) is 0 Å². The molecule has 7 heteroatoms. The number of methoxy groups -OCH3 is 1. The topological polar surface area (TPSA) is 82.3 Å². The number of fused-ring (bicyclic) bond motifs is 2. The van der Waals surface area contributed by atoms with Gasteiger partial charge in [-0.1, -0.05) is 12.8 Å². The number of nitrogens with zero attached hydrogens (tertiary/aromatic N) is 2. The van der Waals surface area contributed by atoms with Crippen molar-refractivity contribution in [3.05, 3.63) is 24.0 Å². The van der Waals surface area contributed by atoms with Gasteiger partial charge in [0.1, 0.15) is 17.1 Å². The molecule has 2 aromatic rings. The molecule has 1 aromatic carbocycles. The Morgan fingerprint density at radius 2 is 2.13 bits per heavy atom. The Morgan fingerprint density at radius 3 is 2.97 bits per heavy atom. The number of nitrogens with one attached hydrogen (secondary N) is 3. The Morgan fingerprint density at radius 1 is 1.27 bits per heavy atom. The molecule has 3 aliphatic rings. The average Bonchev–Trinajstić information content (AvgIpc) is 3.49. The van der Waals surface area contributed by atoms with Gasteiger partial charge in [0.05, 0.1) is 24.7 Å². The van der Waals surface area contributed by atoms with Crippen molar-refractivity contribution in [3.63, 3.8) is 0 Å². The number of ether oxygens (including phenoxy) is 1. The van der Waals surface area contributed by atoms with E-state index in [1.54, 1.807) is 7.11 Å². The molecular weight excluding hydrogens is 378 g/mol. The third-order valence-electron chi connectivity index (χ3n) is 7.30. The number of imidazole rings is 1. The number of carbonyl (C=O) groups excluding carboxylic acids is 1. The minimum absolute atomic E-state index is 0.163. The zero-order chi connectivity index (χ0) is 20.6. The van der Waals surface area contributed by atoms with Crippen LogP contribution in [0.5, 0.6) is 5.75 Å². The molecule has 0 unspecified atom stereocenters. The number of amides is 1. The summed E-state index contributed by atoms with van der Waals surface area (Å²) < 4.78 is 5.28. The number of hydrogen-bond acceptors (Lipinski definition) is 5. The third kappa shape index (κ3) is 3.69. The van der Waals surface area contributed by atoms with Gasteiger partial charge < -0.3 is 20.4 Å². The highest BCUT2D eigenvalue weighted by Crippen LogP contribution is 2.38. The van der Waals surface area contributed by atoms with Crippen molar-refractivity contribution in [1.82, 2.24) is 25.5 Å². The first kappa shape index (κ1) is 19.8. The minimum Gasteiger partial charge on any atom is -0.497 e. The molecule has 0 radical (unpaired) electrons. The molecule has 162 valence electrons. The lowest BCUT2D eigenvalue weighted by atomic mass is 9.84. The SMILES string of the molecule is COc1ccc2nc(CNC(=O)[C@]34CCCCN3C[C@@H](NC3CCCC3)C4)[nH]c2c1. The summed E-state index contributed by atoms with van der Waals surface area (Å²) in [5.74, 6) is 1.74. The highest BCUT2D eigenvalue weighted by molar-refractivity contribution is 5.87. The quantitative estimate of drug-likeness (QED) is 0.681. The molecule has 3 heterocycles. The molecule has 0 spiro atoms. The highest BCUT2D eigenvalue weighted by Gasteiger charge is 2.52. The van der Waals surface area contributed by atoms with E-state index in [4.69, 9.17) is 4.74 Å². The van der Waals surface area contributed by atoms with E-state index in [1.807, 2.05) is 18.2 Å². The summed E-state index contributed by atoms with van der Waals surface area (Å²) in [5.41, 5.74) is 1.46. The zero-order valence-corrected chi connectivity index (χ0v) is 17.9. The summed E-state index contributed by atoms with van der Waals surface area (Å²) in [7, 11) is 1.66. The number of aromatic amines is 1. The monoisotopic (exact) mass is 411 g/mol. The van der Waals surface area contributed by atoms with E-state index >= 15 is 0 Å². The summed E-state index contributed by atoms with van der Waals surface area (Å²) in [6.45, 7) is 2.45.